The molecule has 94 valence electrons. The molecular formula is C12H19F3O. The first-order valence-corrected chi connectivity index (χ1v) is 5.70. The molecular weight excluding hydrogens is 217 g/mol. The normalized spacial score (nSPS) is 31.8. The van der Waals surface area contributed by atoms with Crippen LogP contribution in [-0.2, 0) is 4.79 Å². The van der Waals surface area contributed by atoms with E-state index in [0.717, 1.165) is 0 Å². The Bertz CT molecular complexity index is 257. The minimum atomic E-state index is -2.44. The lowest BCUT2D eigenvalue weighted by Crippen LogP contribution is -2.39. The number of hydrogen-bond acceptors (Lipinski definition) is 1. The van der Waals surface area contributed by atoms with Crippen molar-refractivity contribution in [3.05, 3.63) is 0 Å². The lowest BCUT2D eigenvalue weighted by Gasteiger charge is -2.34. The molecule has 1 rings (SSSR count). The predicted molar refractivity (Wildman–Crippen MR) is 56.2 cm³/mol. The number of halogens is 3. The van der Waals surface area contributed by atoms with Crippen LogP contribution in [0, 0.1) is 17.3 Å². The molecule has 3 unspecified atom stereocenters. The highest BCUT2D eigenvalue weighted by Gasteiger charge is 2.41. The summed E-state index contributed by atoms with van der Waals surface area (Å²) in [4.78, 5) is 11.9. The van der Waals surface area contributed by atoms with Crippen LogP contribution < -0.4 is 0 Å². The molecule has 4 heteroatoms. The number of Topliss-reactive ketones (excluding diaryl/α,β-unsaturated/α-hetero) is 1. The Balaban J connectivity index is 2.74. The summed E-state index contributed by atoms with van der Waals surface area (Å²) in [6.45, 7) is 5.11. The molecule has 0 N–H and O–H groups in total. The molecule has 1 aliphatic rings. The second-order valence-corrected chi connectivity index (χ2v) is 5.64. The van der Waals surface area contributed by atoms with Gasteiger partial charge in [0.25, 0.3) is 0 Å². The summed E-state index contributed by atoms with van der Waals surface area (Å²) in [7, 11) is 0. The highest BCUT2D eigenvalue weighted by atomic mass is 19.3. The van der Waals surface area contributed by atoms with E-state index in [1.165, 1.54) is 0 Å². The number of rotatable bonds is 2. The van der Waals surface area contributed by atoms with Crippen LogP contribution in [0.4, 0.5) is 13.2 Å². The second kappa shape index (κ2) is 4.76. The Labute approximate surface area is 94.4 Å². The summed E-state index contributed by atoms with van der Waals surface area (Å²) in [5.74, 6) is -1.89. The predicted octanol–water partition coefficient (Wildman–Crippen LogP) is 3.62. The fraction of sp³-hybridized carbons (Fsp3) is 0.917. The molecule has 1 aliphatic carbocycles. The molecule has 1 nitrogen and oxygen atoms in total. The van der Waals surface area contributed by atoms with Crippen LogP contribution >= 0.6 is 0 Å². The summed E-state index contributed by atoms with van der Waals surface area (Å²) in [5, 5.41) is 0. The van der Waals surface area contributed by atoms with Gasteiger partial charge in [0.15, 0.2) is 0 Å². The molecule has 0 radical (unpaired) electrons. The van der Waals surface area contributed by atoms with Crippen molar-refractivity contribution in [3.8, 4) is 0 Å². The first-order chi connectivity index (χ1) is 7.23. The third-order valence-electron chi connectivity index (χ3n) is 3.24. The smallest absolute Gasteiger partial charge is 0.241 e. The molecule has 1 saturated carbocycles. The van der Waals surface area contributed by atoms with Gasteiger partial charge in [-0.2, -0.15) is 0 Å². The highest BCUT2D eigenvalue weighted by Crippen LogP contribution is 2.38. The van der Waals surface area contributed by atoms with Gasteiger partial charge in [0.2, 0.25) is 6.43 Å². The largest absolute Gasteiger partial charge is 0.299 e. The van der Waals surface area contributed by atoms with Crippen molar-refractivity contribution in [2.75, 3.05) is 0 Å². The molecule has 0 aromatic carbocycles. The van der Waals surface area contributed by atoms with Crippen LogP contribution in [-0.4, -0.2) is 18.4 Å². The van der Waals surface area contributed by atoms with E-state index < -0.39 is 29.8 Å². The van der Waals surface area contributed by atoms with Gasteiger partial charge in [-0.25, -0.2) is 13.2 Å². The number of ketones is 1. The Kier molecular flexibility index (Phi) is 4.02. The highest BCUT2D eigenvalue weighted by molar-refractivity contribution is 5.86. The molecule has 0 saturated heterocycles. The van der Waals surface area contributed by atoms with Gasteiger partial charge < -0.3 is 0 Å². The maximum Gasteiger partial charge on any atom is 0.241 e. The van der Waals surface area contributed by atoms with Crippen LogP contribution in [0.25, 0.3) is 0 Å². The fourth-order valence-electron chi connectivity index (χ4n) is 2.22. The number of carbonyl (C=O) groups excluding carboxylic acids is 1. The third kappa shape index (κ3) is 2.98. The molecule has 3 atom stereocenters. The SMILES string of the molecule is CC(C)(C)C(=O)C1CC(C(F)F)CCC1F. The van der Waals surface area contributed by atoms with Gasteiger partial charge in [-0.05, 0) is 19.3 Å². The van der Waals surface area contributed by atoms with Crippen molar-refractivity contribution in [2.24, 2.45) is 17.3 Å². The summed E-state index contributed by atoms with van der Waals surface area (Å²) in [6, 6.07) is 0. The van der Waals surface area contributed by atoms with Gasteiger partial charge in [-0.3, -0.25) is 4.79 Å². The molecule has 0 heterocycles. The standard InChI is InChI=1S/C12H19F3O/c1-12(2,3)10(16)8-6-7(11(14)15)4-5-9(8)13/h7-9,11H,4-6H2,1-3H3. The molecule has 0 aliphatic heterocycles. The first kappa shape index (κ1) is 13.5. The summed E-state index contributed by atoms with van der Waals surface area (Å²) in [6.07, 6.45) is -3.42. The lowest BCUT2D eigenvalue weighted by molar-refractivity contribution is -0.135. The summed E-state index contributed by atoms with van der Waals surface area (Å²) in [5.41, 5.74) is -0.654. The van der Waals surface area contributed by atoms with E-state index in [-0.39, 0.29) is 25.0 Å². The van der Waals surface area contributed by atoms with Crippen LogP contribution in [0.2, 0.25) is 0 Å². The second-order valence-electron chi connectivity index (χ2n) is 5.64. The minimum absolute atomic E-state index is 0.00502. The van der Waals surface area contributed by atoms with Gasteiger partial charge in [0, 0.05) is 17.3 Å². The average molecular weight is 236 g/mol. The van der Waals surface area contributed by atoms with Crippen molar-refractivity contribution >= 4 is 5.78 Å². The van der Waals surface area contributed by atoms with Crippen molar-refractivity contribution in [3.63, 3.8) is 0 Å². The quantitative estimate of drug-likeness (QED) is 0.715. The molecule has 0 bridgehead atoms. The maximum atomic E-state index is 13.6. The van der Waals surface area contributed by atoms with E-state index in [1.807, 2.05) is 0 Å². The topological polar surface area (TPSA) is 17.1 Å². The Morgan fingerprint density at radius 1 is 1.25 bits per heavy atom. The van der Waals surface area contributed by atoms with Crippen molar-refractivity contribution < 1.29 is 18.0 Å². The fourth-order valence-corrected chi connectivity index (χ4v) is 2.22. The zero-order valence-electron chi connectivity index (χ0n) is 9.97. The van der Waals surface area contributed by atoms with E-state index in [2.05, 4.69) is 0 Å². The summed E-state index contributed by atoms with van der Waals surface area (Å²) >= 11 is 0. The monoisotopic (exact) mass is 236 g/mol. The van der Waals surface area contributed by atoms with Crippen molar-refractivity contribution in [1.29, 1.82) is 0 Å². The third-order valence-corrected chi connectivity index (χ3v) is 3.24. The van der Waals surface area contributed by atoms with Gasteiger partial charge in [0.1, 0.15) is 12.0 Å². The molecule has 0 spiro atoms. The van der Waals surface area contributed by atoms with Crippen molar-refractivity contribution in [2.45, 2.75) is 52.6 Å². The maximum absolute atomic E-state index is 13.6. The van der Waals surface area contributed by atoms with Crippen LogP contribution in [0.5, 0.6) is 0 Å². The lowest BCUT2D eigenvalue weighted by atomic mass is 9.72. The van der Waals surface area contributed by atoms with Gasteiger partial charge >= 0.3 is 0 Å². The zero-order valence-corrected chi connectivity index (χ0v) is 9.97. The molecule has 0 amide bonds. The molecule has 1 fully saturated rings. The van der Waals surface area contributed by atoms with Gasteiger partial charge in [0.05, 0.1) is 0 Å². The van der Waals surface area contributed by atoms with E-state index in [9.17, 15) is 18.0 Å². The Morgan fingerprint density at radius 3 is 2.25 bits per heavy atom. The molecule has 0 aromatic heterocycles. The first-order valence-electron chi connectivity index (χ1n) is 5.70. The summed E-state index contributed by atoms with van der Waals surface area (Å²) < 4.78 is 38.7. The van der Waals surface area contributed by atoms with Crippen LogP contribution in [0.1, 0.15) is 40.0 Å². The van der Waals surface area contributed by atoms with Crippen LogP contribution in [0.3, 0.4) is 0 Å². The number of carbonyl (C=O) groups is 1. The van der Waals surface area contributed by atoms with E-state index in [4.69, 9.17) is 0 Å². The Hall–Kier alpha value is -0.540. The Morgan fingerprint density at radius 2 is 1.81 bits per heavy atom. The van der Waals surface area contributed by atoms with Crippen molar-refractivity contribution in [1.82, 2.24) is 0 Å². The number of alkyl halides is 3. The van der Waals surface area contributed by atoms with E-state index in [0.29, 0.717) is 0 Å². The van der Waals surface area contributed by atoms with E-state index >= 15 is 0 Å². The van der Waals surface area contributed by atoms with E-state index in [1.54, 1.807) is 20.8 Å². The molecule has 0 aromatic rings. The van der Waals surface area contributed by atoms with Gasteiger partial charge in [-0.1, -0.05) is 20.8 Å². The molecule has 16 heavy (non-hydrogen) atoms. The van der Waals surface area contributed by atoms with Gasteiger partial charge in [-0.15, -0.1) is 0 Å². The number of hydrogen-bond donors (Lipinski definition) is 0. The minimum Gasteiger partial charge on any atom is -0.299 e. The van der Waals surface area contributed by atoms with Crippen LogP contribution in [0.15, 0.2) is 0 Å². The average Bonchev–Trinajstić information content (AvgIpc) is 2.15. The zero-order chi connectivity index (χ0) is 12.5.